The van der Waals surface area contributed by atoms with E-state index < -0.39 is 0 Å². The third-order valence-electron chi connectivity index (χ3n) is 4.10. The van der Waals surface area contributed by atoms with Crippen LogP contribution in [0, 0.1) is 12.8 Å². The van der Waals surface area contributed by atoms with Crippen molar-refractivity contribution in [2.24, 2.45) is 5.92 Å². The van der Waals surface area contributed by atoms with Crippen LogP contribution in [-0.4, -0.2) is 12.9 Å². The first-order chi connectivity index (χ1) is 9.69. The van der Waals surface area contributed by atoms with Gasteiger partial charge in [-0.25, -0.2) is 0 Å². The standard InChI is InChI=1S/C18H18O2/c1-12-9-15(7-8-17(12)20-2)18(19)16-10-13-5-3-4-6-14(13)11-16/h3-9,16H,10-11H2,1-2H3. The SMILES string of the molecule is COc1ccc(C(=O)C2Cc3ccccc3C2)cc1C. The summed E-state index contributed by atoms with van der Waals surface area (Å²) in [6, 6.07) is 14.0. The molecule has 2 nitrogen and oxygen atoms in total. The molecule has 1 aliphatic rings. The summed E-state index contributed by atoms with van der Waals surface area (Å²) in [5.74, 6) is 1.16. The van der Waals surface area contributed by atoms with Crippen LogP contribution in [0.1, 0.15) is 27.0 Å². The lowest BCUT2D eigenvalue weighted by atomic mass is 9.94. The van der Waals surface area contributed by atoms with Crippen molar-refractivity contribution in [3.05, 3.63) is 64.7 Å². The first-order valence-electron chi connectivity index (χ1n) is 6.94. The van der Waals surface area contributed by atoms with Gasteiger partial charge in [-0.1, -0.05) is 24.3 Å². The fourth-order valence-corrected chi connectivity index (χ4v) is 3.01. The van der Waals surface area contributed by atoms with Crippen LogP contribution < -0.4 is 4.74 Å². The molecule has 3 rings (SSSR count). The summed E-state index contributed by atoms with van der Waals surface area (Å²) in [5, 5.41) is 0. The van der Waals surface area contributed by atoms with E-state index in [-0.39, 0.29) is 11.7 Å². The summed E-state index contributed by atoms with van der Waals surface area (Å²) < 4.78 is 5.24. The fraction of sp³-hybridized carbons (Fsp3) is 0.278. The highest BCUT2D eigenvalue weighted by Gasteiger charge is 2.27. The Bertz CT molecular complexity index is 633. The molecule has 0 aliphatic heterocycles. The summed E-state index contributed by atoms with van der Waals surface area (Å²) in [7, 11) is 1.65. The second-order valence-corrected chi connectivity index (χ2v) is 5.42. The molecule has 2 heteroatoms. The van der Waals surface area contributed by atoms with Crippen molar-refractivity contribution in [3.8, 4) is 5.75 Å². The van der Waals surface area contributed by atoms with Crippen molar-refractivity contribution in [1.29, 1.82) is 0 Å². The molecule has 0 N–H and O–H groups in total. The highest BCUT2D eigenvalue weighted by atomic mass is 16.5. The Kier molecular flexibility index (Phi) is 3.31. The van der Waals surface area contributed by atoms with Gasteiger partial charge in [0.15, 0.2) is 5.78 Å². The molecule has 0 bridgehead atoms. The Balaban J connectivity index is 1.83. The second kappa shape index (κ2) is 5.12. The number of benzene rings is 2. The van der Waals surface area contributed by atoms with E-state index in [1.165, 1.54) is 11.1 Å². The first-order valence-corrected chi connectivity index (χ1v) is 6.94. The molecule has 0 radical (unpaired) electrons. The highest BCUT2D eigenvalue weighted by molar-refractivity contribution is 5.99. The zero-order valence-electron chi connectivity index (χ0n) is 11.8. The minimum atomic E-state index is 0.0835. The van der Waals surface area contributed by atoms with Gasteiger partial charge in [-0.3, -0.25) is 4.79 Å². The van der Waals surface area contributed by atoms with E-state index in [0.717, 1.165) is 29.7 Å². The summed E-state index contributed by atoms with van der Waals surface area (Å²) in [4.78, 5) is 12.6. The van der Waals surface area contributed by atoms with E-state index in [2.05, 4.69) is 12.1 Å². The van der Waals surface area contributed by atoms with Crippen LogP contribution in [-0.2, 0) is 12.8 Å². The number of hydrogen-bond acceptors (Lipinski definition) is 2. The Labute approximate surface area is 119 Å². The summed E-state index contributed by atoms with van der Waals surface area (Å²) >= 11 is 0. The number of carbonyl (C=O) groups is 1. The maximum absolute atomic E-state index is 12.6. The van der Waals surface area contributed by atoms with Gasteiger partial charge in [0.25, 0.3) is 0 Å². The maximum Gasteiger partial charge on any atom is 0.166 e. The lowest BCUT2D eigenvalue weighted by Crippen LogP contribution is -2.15. The van der Waals surface area contributed by atoms with Crippen molar-refractivity contribution in [1.82, 2.24) is 0 Å². The number of ether oxygens (including phenoxy) is 1. The summed E-state index contributed by atoms with van der Waals surface area (Å²) in [6.45, 7) is 1.97. The average molecular weight is 266 g/mol. The monoisotopic (exact) mass is 266 g/mol. The predicted molar refractivity (Wildman–Crippen MR) is 79.4 cm³/mol. The Morgan fingerprint density at radius 1 is 1.10 bits per heavy atom. The molecule has 1 aliphatic carbocycles. The van der Waals surface area contributed by atoms with Crippen LogP contribution in [0.15, 0.2) is 42.5 Å². The number of hydrogen-bond donors (Lipinski definition) is 0. The largest absolute Gasteiger partial charge is 0.496 e. The molecule has 0 saturated carbocycles. The van der Waals surface area contributed by atoms with Crippen LogP contribution in [0.2, 0.25) is 0 Å². The number of methoxy groups -OCH3 is 1. The quantitative estimate of drug-likeness (QED) is 0.793. The zero-order valence-corrected chi connectivity index (χ0v) is 11.8. The van der Waals surface area contributed by atoms with Crippen molar-refractivity contribution in [2.45, 2.75) is 19.8 Å². The molecular formula is C18H18O2. The molecule has 2 aromatic carbocycles. The number of fused-ring (bicyclic) bond motifs is 1. The van der Waals surface area contributed by atoms with Gasteiger partial charge in [0.2, 0.25) is 0 Å². The molecule has 20 heavy (non-hydrogen) atoms. The molecule has 0 heterocycles. The van der Waals surface area contributed by atoms with Crippen LogP contribution in [0.4, 0.5) is 0 Å². The second-order valence-electron chi connectivity index (χ2n) is 5.42. The number of rotatable bonds is 3. The molecule has 0 amide bonds. The minimum absolute atomic E-state index is 0.0835. The van der Waals surface area contributed by atoms with Crippen LogP contribution >= 0.6 is 0 Å². The number of carbonyl (C=O) groups excluding carboxylic acids is 1. The Morgan fingerprint density at radius 2 is 1.75 bits per heavy atom. The molecule has 0 fully saturated rings. The van der Waals surface area contributed by atoms with Gasteiger partial charge in [0.05, 0.1) is 7.11 Å². The molecule has 102 valence electrons. The third-order valence-corrected chi connectivity index (χ3v) is 4.10. The Morgan fingerprint density at radius 3 is 2.30 bits per heavy atom. The van der Waals surface area contributed by atoms with Gasteiger partial charge in [0, 0.05) is 11.5 Å². The van der Waals surface area contributed by atoms with E-state index in [9.17, 15) is 4.79 Å². The van der Waals surface area contributed by atoms with E-state index >= 15 is 0 Å². The smallest absolute Gasteiger partial charge is 0.166 e. The van der Waals surface area contributed by atoms with Crippen LogP contribution in [0.5, 0.6) is 5.75 Å². The Hall–Kier alpha value is -2.09. The van der Waals surface area contributed by atoms with E-state index in [0.29, 0.717) is 0 Å². The minimum Gasteiger partial charge on any atom is -0.496 e. The highest BCUT2D eigenvalue weighted by Crippen LogP contribution is 2.30. The van der Waals surface area contributed by atoms with E-state index in [1.54, 1.807) is 7.11 Å². The predicted octanol–water partition coefficient (Wildman–Crippen LogP) is 3.60. The first kappa shape index (κ1) is 12.9. The van der Waals surface area contributed by atoms with Gasteiger partial charge in [-0.05, 0) is 54.7 Å². The molecule has 0 unspecified atom stereocenters. The molecule has 0 saturated heterocycles. The topological polar surface area (TPSA) is 26.3 Å². The lowest BCUT2D eigenvalue weighted by Gasteiger charge is -2.10. The number of Topliss-reactive ketones (excluding diaryl/α,β-unsaturated/α-hetero) is 1. The molecule has 0 spiro atoms. The third kappa shape index (κ3) is 2.22. The number of aryl methyl sites for hydroxylation is 1. The molecule has 0 atom stereocenters. The van der Waals surface area contributed by atoms with Gasteiger partial charge < -0.3 is 4.74 Å². The number of ketones is 1. The summed E-state index contributed by atoms with van der Waals surface area (Å²) in [6.07, 6.45) is 1.72. The summed E-state index contributed by atoms with van der Waals surface area (Å²) in [5.41, 5.74) is 4.43. The van der Waals surface area contributed by atoms with Crippen LogP contribution in [0.25, 0.3) is 0 Å². The maximum atomic E-state index is 12.6. The van der Waals surface area contributed by atoms with Gasteiger partial charge in [0.1, 0.15) is 5.75 Å². The van der Waals surface area contributed by atoms with E-state index in [4.69, 9.17) is 4.74 Å². The normalized spacial score (nSPS) is 14.1. The fourth-order valence-electron chi connectivity index (χ4n) is 3.01. The van der Waals surface area contributed by atoms with Crippen molar-refractivity contribution in [3.63, 3.8) is 0 Å². The lowest BCUT2D eigenvalue weighted by molar-refractivity contribution is 0.0924. The van der Waals surface area contributed by atoms with Gasteiger partial charge >= 0.3 is 0 Å². The van der Waals surface area contributed by atoms with E-state index in [1.807, 2.05) is 37.3 Å². The van der Waals surface area contributed by atoms with Crippen molar-refractivity contribution < 1.29 is 9.53 Å². The van der Waals surface area contributed by atoms with Crippen molar-refractivity contribution >= 4 is 5.78 Å². The zero-order chi connectivity index (χ0) is 14.1. The average Bonchev–Trinajstić information content (AvgIpc) is 2.90. The van der Waals surface area contributed by atoms with Gasteiger partial charge in [-0.15, -0.1) is 0 Å². The molecule has 0 aromatic heterocycles. The van der Waals surface area contributed by atoms with Gasteiger partial charge in [-0.2, -0.15) is 0 Å². The molecule has 2 aromatic rings. The molecular weight excluding hydrogens is 248 g/mol. The van der Waals surface area contributed by atoms with Crippen LogP contribution in [0.3, 0.4) is 0 Å². The van der Waals surface area contributed by atoms with Crippen molar-refractivity contribution in [2.75, 3.05) is 7.11 Å².